The van der Waals surface area contributed by atoms with Gasteiger partial charge in [0.15, 0.2) is 5.69 Å². The fourth-order valence-corrected chi connectivity index (χ4v) is 2.55. The Balaban J connectivity index is 0.00000261. The molecule has 0 aliphatic rings. The van der Waals surface area contributed by atoms with E-state index in [-0.39, 0.29) is 25.4 Å². The van der Waals surface area contributed by atoms with Crippen molar-refractivity contribution in [2.75, 3.05) is 0 Å². The van der Waals surface area contributed by atoms with Gasteiger partial charge in [0.05, 0.1) is 19.3 Å². The van der Waals surface area contributed by atoms with Gasteiger partial charge in [0.2, 0.25) is 0 Å². The van der Waals surface area contributed by atoms with E-state index in [1.807, 2.05) is 25.3 Å². The molecule has 0 aliphatic heterocycles. The fourth-order valence-electron chi connectivity index (χ4n) is 2.55. The Bertz CT molecular complexity index is 933. The quantitative estimate of drug-likeness (QED) is 0.699. The standard InChI is InChI=1S/C17H15F3N4O2.Li.H/c1-11-6-21-23(7-11)8-12-2-4-13(5-3-12)9-24-10-14(16(25)26)15(22-24)17(18,19)20;;/h2-7,10H,8-9H2,1H3,(H,25,26);;. The van der Waals surface area contributed by atoms with Gasteiger partial charge in [-0.3, -0.25) is 9.36 Å². The maximum atomic E-state index is 12.9. The second-order valence-corrected chi connectivity index (χ2v) is 5.92. The molecule has 0 unspecified atom stereocenters. The van der Waals surface area contributed by atoms with Crippen LogP contribution in [0.25, 0.3) is 0 Å². The molecule has 3 aromatic rings. The number of carbonyl (C=O) groups is 1. The molecule has 0 saturated heterocycles. The average Bonchev–Trinajstić information content (AvgIpc) is 3.15. The third-order valence-electron chi connectivity index (χ3n) is 3.74. The Hall–Kier alpha value is -2.50. The summed E-state index contributed by atoms with van der Waals surface area (Å²) in [6.07, 6.45) is -0.260. The first kappa shape index (κ1) is 20.8. The number of hydrogen-bond donors (Lipinski definition) is 1. The molecule has 3 rings (SSSR count). The molecule has 2 aromatic heterocycles. The van der Waals surface area contributed by atoms with Crippen LogP contribution in [-0.4, -0.2) is 49.5 Å². The Kier molecular flexibility index (Phi) is 6.18. The molecule has 0 atom stereocenters. The van der Waals surface area contributed by atoms with Gasteiger partial charge >= 0.3 is 31.0 Å². The van der Waals surface area contributed by atoms with Gasteiger partial charge in [-0.15, -0.1) is 0 Å². The van der Waals surface area contributed by atoms with E-state index in [9.17, 15) is 18.0 Å². The molecule has 0 fully saturated rings. The van der Waals surface area contributed by atoms with Crippen molar-refractivity contribution in [3.8, 4) is 0 Å². The predicted molar refractivity (Wildman–Crippen MR) is 92.9 cm³/mol. The SMILES string of the molecule is Cc1cnn(Cc2ccc(Cn3cc(C(=O)O)c(C(F)(F)F)n3)cc2)c1.[LiH]. The summed E-state index contributed by atoms with van der Waals surface area (Å²) >= 11 is 0. The third kappa shape index (κ3) is 5.02. The van der Waals surface area contributed by atoms with E-state index in [0.29, 0.717) is 12.1 Å². The maximum absolute atomic E-state index is 12.9. The molecule has 1 aromatic carbocycles. The summed E-state index contributed by atoms with van der Waals surface area (Å²) in [7, 11) is 0. The van der Waals surface area contributed by atoms with Crippen molar-refractivity contribution >= 4 is 24.8 Å². The summed E-state index contributed by atoms with van der Waals surface area (Å²) in [6, 6.07) is 7.22. The monoisotopic (exact) mass is 372 g/mol. The van der Waals surface area contributed by atoms with Gasteiger partial charge in [-0.25, -0.2) is 4.79 Å². The van der Waals surface area contributed by atoms with Gasteiger partial charge in [-0.05, 0) is 23.6 Å². The zero-order valence-corrected chi connectivity index (χ0v) is 13.7. The molecule has 0 bridgehead atoms. The average molecular weight is 372 g/mol. The summed E-state index contributed by atoms with van der Waals surface area (Å²) in [5.41, 5.74) is 0.493. The van der Waals surface area contributed by atoms with Crippen LogP contribution in [0, 0.1) is 6.92 Å². The number of carboxylic acids is 1. The Labute approximate surface area is 164 Å². The molecule has 6 nitrogen and oxygen atoms in total. The van der Waals surface area contributed by atoms with Crippen LogP contribution in [0.15, 0.2) is 42.9 Å². The molecule has 10 heteroatoms. The van der Waals surface area contributed by atoms with Gasteiger partial charge in [0.25, 0.3) is 0 Å². The molecule has 1 N–H and O–H groups in total. The second-order valence-electron chi connectivity index (χ2n) is 5.92. The van der Waals surface area contributed by atoms with E-state index in [2.05, 4.69) is 10.2 Å². The molecule has 0 saturated carbocycles. The van der Waals surface area contributed by atoms with Crippen LogP contribution >= 0.6 is 0 Å². The Morgan fingerprint density at radius 2 is 1.63 bits per heavy atom. The number of nitrogens with zero attached hydrogens (tertiary/aromatic N) is 4. The zero-order valence-electron chi connectivity index (χ0n) is 13.7. The van der Waals surface area contributed by atoms with Crippen molar-refractivity contribution in [1.29, 1.82) is 0 Å². The third-order valence-corrected chi connectivity index (χ3v) is 3.74. The summed E-state index contributed by atoms with van der Waals surface area (Å²) in [5.74, 6) is -1.66. The first-order chi connectivity index (χ1) is 12.2. The van der Waals surface area contributed by atoms with Crippen LogP contribution < -0.4 is 0 Å². The van der Waals surface area contributed by atoms with E-state index < -0.39 is 23.4 Å². The van der Waals surface area contributed by atoms with Gasteiger partial charge < -0.3 is 5.11 Å². The number of hydrogen-bond acceptors (Lipinski definition) is 3. The van der Waals surface area contributed by atoms with Crippen LogP contribution in [0.1, 0.15) is 32.7 Å². The summed E-state index contributed by atoms with van der Waals surface area (Å²) in [4.78, 5) is 11.0. The Morgan fingerprint density at radius 1 is 1.07 bits per heavy atom. The Morgan fingerprint density at radius 3 is 2.04 bits per heavy atom. The molecule has 2 heterocycles. The van der Waals surface area contributed by atoms with Gasteiger partial charge in [-0.1, -0.05) is 24.3 Å². The van der Waals surface area contributed by atoms with Crippen molar-refractivity contribution in [1.82, 2.24) is 19.6 Å². The van der Waals surface area contributed by atoms with Crippen molar-refractivity contribution in [2.45, 2.75) is 26.2 Å². The van der Waals surface area contributed by atoms with Crippen molar-refractivity contribution < 1.29 is 23.1 Å². The van der Waals surface area contributed by atoms with Crippen LogP contribution in [-0.2, 0) is 19.3 Å². The van der Waals surface area contributed by atoms with E-state index in [0.717, 1.165) is 22.0 Å². The van der Waals surface area contributed by atoms with Crippen LogP contribution in [0.4, 0.5) is 13.2 Å². The van der Waals surface area contributed by atoms with E-state index in [1.54, 1.807) is 23.0 Å². The minimum absolute atomic E-state index is 0. The predicted octanol–water partition coefficient (Wildman–Crippen LogP) is 2.55. The number of rotatable bonds is 5. The number of benzene rings is 1. The van der Waals surface area contributed by atoms with Gasteiger partial charge in [0, 0.05) is 12.4 Å². The fraction of sp³-hybridized carbons (Fsp3) is 0.235. The number of aromatic carboxylic acids is 1. The van der Waals surface area contributed by atoms with Gasteiger partial charge in [-0.2, -0.15) is 23.4 Å². The molecule has 0 amide bonds. The van der Waals surface area contributed by atoms with Crippen molar-refractivity contribution in [3.05, 3.63) is 70.8 Å². The van der Waals surface area contributed by atoms with Crippen LogP contribution in [0.2, 0.25) is 0 Å². The van der Waals surface area contributed by atoms with Crippen molar-refractivity contribution in [2.24, 2.45) is 0 Å². The molecule has 0 spiro atoms. The van der Waals surface area contributed by atoms with E-state index >= 15 is 0 Å². The normalized spacial score (nSPS) is 11.3. The number of alkyl halides is 3. The number of aryl methyl sites for hydroxylation is 1. The molecular formula is C17H16F3LiN4O2. The molecular weight excluding hydrogens is 356 g/mol. The number of carboxylic acid groups (broad SMARTS) is 1. The van der Waals surface area contributed by atoms with E-state index in [4.69, 9.17) is 5.11 Å². The zero-order chi connectivity index (χ0) is 18.9. The van der Waals surface area contributed by atoms with E-state index in [1.165, 1.54) is 0 Å². The number of aromatic nitrogens is 4. The first-order valence-electron chi connectivity index (χ1n) is 7.67. The van der Waals surface area contributed by atoms with Crippen molar-refractivity contribution in [3.63, 3.8) is 0 Å². The molecule has 138 valence electrons. The number of halogens is 3. The van der Waals surface area contributed by atoms with Crippen LogP contribution in [0.5, 0.6) is 0 Å². The first-order valence-corrected chi connectivity index (χ1v) is 7.67. The second kappa shape index (κ2) is 8.02. The molecule has 27 heavy (non-hydrogen) atoms. The minimum atomic E-state index is -4.81. The summed E-state index contributed by atoms with van der Waals surface area (Å²) < 4.78 is 41.4. The molecule has 0 aliphatic carbocycles. The van der Waals surface area contributed by atoms with Crippen LogP contribution in [0.3, 0.4) is 0 Å². The topological polar surface area (TPSA) is 72.9 Å². The molecule has 0 radical (unpaired) electrons. The van der Waals surface area contributed by atoms with Gasteiger partial charge in [0.1, 0.15) is 5.56 Å². The summed E-state index contributed by atoms with van der Waals surface area (Å²) in [5, 5.41) is 16.5. The summed E-state index contributed by atoms with van der Waals surface area (Å²) in [6.45, 7) is 2.56.